The summed E-state index contributed by atoms with van der Waals surface area (Å²) in [4.78, 5) is 4.34. The summed E-state index contributed by atoms with van der Waals surface area (Å²) in [6.45, 7) is 6.11. The molecule has 2 aromatic rings. The zero-order valence-electron chi connectivity index (χ0n) is 12.9. The van der Waals surface area contributed by atoms with E-state index in [2.05, 4.69) is 36.3 Å². The average molecular weight is 284 g/mol. The molecule has 0 atom stereocenters. The summed E-state index contributed by atoms with van der Waals surface area (Å²) >= 11 is 0. The molecule has 0 amide bonds. The quantitative estimate of drug-likeness (QED) is 0.783. The lowest BCUT2D eigenvalue weighted by atomic mass is 10.1. The molecule has 0 saturated carbocycles. The zero-order valence-corrected chi connectivity index (χ0v) is 12.9. The average Bonchev–Trinajstić information content (AvgIpc) is 2.53. The Labute approximate surface area is 127 Å². The summed E-state index contributed by atoms with van der Waals surface area (Å²) in [6.07, 6.45) is 5.44. The lowest BCUT2D eigenvalue weighted by Gasteiger charge is -2.07. The molecule has 0 radical (unpaired) electrons. The van der Waals surface area contributed by atoms with E-state index in [-0.39, 0.29) is 0 Å². The van der Waals surface area contributed by atoms with Crippen LogP contribution in [0.5, 0.6) is 11.6 Å². The Hall–Kier alpha value is -1.87. The molecule has 0 spiro atoms. The minimum absolute atomic E-state index is 0.636. The van der Waals surface area contributed by atoms with Crippen molar-refractivity contribution in [1.82, 2.24) is 10.3 Å². The molecule has 0 bridgehead atoms. The summed E-state index contributed by atoms with van der Waals surface area (Å²) < 4.78 is 5.77. The third-order valence-corrected chi connectivity index (χ3v) is 3.34. The first-order valence-corrected chi connectivity index (χ1v) is 7.74. The second-order valence-electron chi connectivity index (χ2n) is 5.13. The highest BCUT2D eigenvalue weighted by Crippen LogP contribution is 2.20. The predicted molar refractivity (Wildman–Crippen MR) is 86.7 cm³/mol. The Kier molecular flexibility index (Phi) is 6.22. The molecule has 1 aromatic heterocycles. The van der Waals surface area contributed by atoms with Gasteiger partial charge in [0.25, 0.3) is 0 Å². The number of ether oxygens (including phenoxy) is 1. The van der Waals surface area contributed by atoms with Crippen LogP contribution in [0, 0.1) is 0 Å². The van der Waals surface area contributed by atoms with Gasteiger partial charge in [-0.2, -0.15) is 0 Å². The molecular formula is C18H24N2O. The lowest BCUT2D eigenvalue weighted by molar-refractivity contribution is 0.462. The van der Waals surface area contributed by atoms with Crippen LogP contribution in [0.4, 0.5) is 0 Å². The fraction of sp³-hybridized carbons (Fsp3) is 0.389. The van der Waals surface area contributed by atoms with Crippen molar-refractivity contribution in [2.45, 2.75) is 39.7 Å². The number of nitrogens with one attached hydrogen (secondary N) is 1. The number of hydrogen-bond acceptors (Lipinski definition) is 3. The maximum absolute atomic E-state index is 5.77. The van der Waals surface area contributed by atoms with Gasteiger partial charge in [0, 0.05) is 18.8 Å². The van der Waals surface area contributed by atoms with Crippen molar-refractivity contribution in [2.24, 2.45) is 0 Å². The highest BCUT2D eigenvalue weighted by molar-refractivity contribution is 5.31. The number of aromatic nitrogens is 1. The Bertz CT molecular complexity index is 470. The molecule has 0 saturated heterocycles. The summed E-state index contributed by atoms with van der Waals surface area (Å²) in [6, 6.07) is 12.2. The maximum Gasteiger partial charge on any atom is 0.219 e. The van der Waals surface area contributed by atoms with Gasteiger partial charge in [-0.15, -0.1) is 0 Å². The van der Waals surface area contributed by atoms with Gasteiger partial charge in [0.15, 0.2) is 0 Å². The molecule has 1 N–H and O–H groups in total. The van der Waals surface area contributed by atoms with Crippen molar-refractivity contribution >= 4 is 0 Å². The third kappa shape index (κ3) is 5.20. The molecule has 0 fully saturated rings. The highest BCUT2D eigenvalue weighted by Gasteiger charge is 2.00. The van der Waals surface area contributed by atoms with Gasteiger partial charge >= 0.3 is 0 Å². The van der Waals surface area contributed by atoms with E-state index in [9.17, 15) is 0 Å². The molecular weight excluding hydrogens is 260 g/mol. The number of benzene rings is 1. The predicted octanol–water partition coefficient (Wildman–Crippen LogP) is 4.33. The minimum Gasteiger partial charge on any atom is -0.439 e. The molecule has 2 rings (SSSR count). The van der Waals surface area contributed by atoms with Gasteiger partial charge in [-0.1, -0.05) is 38.5 Å². The molecule has 0 aliphatic carbocycles. The summed E-state index contributed by atoms with van der Waals surface area (Å²) in [5, 5.41) is 3.28. The van der Waals surface area contributed by atoms with Crippen molar-refractivity contribution in [3.63, 3.8) is 0 Å². The van der Waals surface area contributed by atoms with Crippen LogP contribution in [0.2, 0.25) is 0 Å². The van der Waals surface area contributed by atoms with Crippen molar-refractivity contribution in [1.29, 1.82) is 0 Å². The Morgan fingerprint density at radius 3 is 2.38 bits per heavy atom. The Balaban J connectivity index is 1.91. The van der Waals surface area contributed by atoms with E-state index in [1.165, 1.54) is 24.0 Å². The van der Waals surface area contributed by atoms with Crippen LogP contribution < -0.4 is 10.1 Å². The van der Waals surface area contributed by atoms with Gasteiger partial charge in [0.1, 0.15) is 5.75 Å². The zero-order chi connectivity index (χ0) is 14.9. The van der Waals surface area contributed by atoms with Crippen molar-refractivity contribution in [3.05, 3.63) is 53.7 Å². The fourth-order valence-electron chi connectivity index (χ4n) is 2.07. The third-order valence-electron chi connectivity index (χ3n) is 3.34. The smallest absolute Gasteiger partial charge is 0.219 e. The number of pyridine rings is 1. The molecule has 3 heteroatoms. The second kappa shape index (κ2) is 8.42. The van der Waals surface area contributed by atoms with Gasteiger partial charge in [-0.05, 0) is 42.6 Å². The Morgan fingerprint density at radius 1 is 1.00 bits per heavy atom. The summed E-state index contributed by atoms with van der Waals surface area (Å²) in [5.74, 6) is 1.47. The van der Waals surface area contributed by atoms with Crippen molar-refractivity contribution in [2.75, 3.05) is 6.54 Å². The largest absolute Gasteiger partial charge is 0.439 e. The summed E-state index contributed by atoms with van der Waals surface area (Å²) in [7, 11) is 0. The van der Waals surface area contributed by atoms with E-state index in [4.69, 9.17) is 4.74 Å². The maximum atomic E-state index is 5.77. The van der Waals surface area contributed by atoms with Gasteiger partial charge in [-0.25, -0.2) is 4.98 Å². The number of aryl methyl sites for hydroxylation is 1. The monoisotopic (exact) mass is 284 g/mol. The molecule has 21 heavy (non-hydrogen) atoms. The molecule has 112 valence electrons. The van der Waals surface area contributed by atoms with Crippen LogP contribution >= 0.6 is 0 Å². The first-order chi connectivity index (χ1) is 10.3. The molecule has 1 aromatic carbocycles. The lowest BCUT2D eigenvalue weighted by Crippen LogP contribution is -2.11. The van der Waals surface area contributed by atoms with Crippen LogP contribution in [0.15, 0.2) is 42.6 Å². The molecule has 0 aliphatic heterocycles. The minimum atomic E-state index is 0.636. The highest BCUT2D eigenvalue weighted by atomic mass is 16.5. The van der Waals surface area contributed by atoms with Crippen molar-refractivity contribution in [3.8, 4) is 11.6 Å². The standard InChI is InChI=1S/C18H24N2O/c1-3-5-6-15-7-10-17(11-8-15)21-18-12-9-16(14-20-18)13-19-4-2/h7-12,14,19H,3-6,13H2,1-2H3. The number of unbranched alkanes of at least 4 members (excludes halogenated alkanes) is 1. The van der Waals surface area contributed by atoms with Gasteiger partial charge < -0.3 is 10.1 Å². The number of rotatable bonds is 8. The van der Waals surface area contributed by atoms with E-state index in [0.29, 0.717) is 5.88 Å². The first-order valence-electron chi connectivity index (χ1n) is 7.74. The van der Waals surface area contributed by atoms with E-state index < -0.39 is 0 Å². The molecule has 3 nitrogen and oxygen atoms in total. The second-order valence-corrected chi connectivity index (χ2v) is 5.13. The van der Waals surface area contributed by atoms with Crippen LogP contribution in [-0.4, -0.2) is 11.5 Å². The van der Waals surface area contributed by atoms with E-state index in [1.54, 1.807) is 0 Å². The van der Waals surface area contributed by atoms with Crippen LogP contribution in [0.25, 0.3) is 0 Å². The van der Waals surface area contributed by atoms with Gasteiger partial charge in [0.05, 0.1) is 0 Å². The van der Waals surface area contributed by atoms with E-state index >= 15 is 0 Å². The SMILES string of the molecule is CCCCc1ccc(Oc2ccc(CNCC)cn2)cc1. The normalized spacial score (nSPS) is 10.6. The number of hydrogen-bond donors (Lipinski definition) is 1. The Morgan fingerprint density at radius 2 is 1.76 bits per heavy atom. The van der Waals surface area contributed by atoms with Crippen LogP contribution in [-0.2, 0) is 13.0 Å². The molecule has 1 heterocycles. The topological polar surface area (TPSA) is 34.1 Å². The van der Waals surface area contributed by atoms with Crippen molar-refractivity contribution < 1.29 is 4.74 Å². The van der Waals surface area contributed by atoms with Gasteiger partial charge in [0.2, 0.25) is 5.88 Å². The molecule has 0 unspecified atom stereocenters. The van der Waals surface area contributed by atoms with E-state index in [1.807, 2.05) is 30.5 Å². The van der Waals surface area contributed by atoms with Gasteiger partial charge in [-0.3, -0.25) is 0 Å². The van der Waals surface area contributed by atoms with E-state index in [0.717, 1.165) is 25.3 Å². The van der Waals surface area contributed by atoms with Crippen LogP contribution in [0.3, 0.4) is 0 Å². The van der Waals surface area contributed by atoms with Crippen LogP contribution in [0.1, 0.15) is 37.8 Å². The summed E-state index contributed by atoms with van der Waals surface area (Å²) in [5.41, 5.74) is 2.53. The fourth-order valence-corrected chi connectivity index (χ4v) is 2.07. The number of nitrogens with zero attached hydrogens (tertiary/aromatic N) is 1. The first kappa shape index (κ1) is 15.5. The molecule has 0 aliphatic rings.